The molecule has 1 saturated heterocycles. The third kappa shape index (κ3) is 2.56. The van der Waals surface area contributed by atoms with Crippen LogP contribution in [0, 0.1) is 11.8 Å². The van der Waals surface area contributed by atoms with E-state index in [1.54, 1.807) is 17.0 Å². The molecule has 0 radical (unpaired) electrons. The maximum Gasteiger partial charge on any atom is 0.344 e. The van der Waals surface area contributed by atoms with Gasteiger partial charge in [0.25, 0.3) is 0 Å². The number of likely N-dealkylation sites (N-methyl/N-ethyl adjacent to an activating group) is 1. The zero-order valence-electron chi connectivity index (χ0n) is 13.1. The summed E-state index contributed by atoms with van der Waals surface area (Å²) in [5.41, 5.74) is 6.99. The molecule has 0 aromatic carbocycles. The summed E-state index contributed by atoms with van der Waals surface area (Å²) in [7, 11) is 1.76. The van der Waals surface area contributed by atoms with Gasteiger partial charge in [0.05, 0.1) is 12.7 Å². The maximum absolute atomic E-state index is 12.6. The Labute approximate surface area is 131 Å². The number of carbonyl (C=O) groups excluding carboxylic acids is 1. The van der Waals surface area contributed by atoms with Crippen LogP contribution in [-0.4, -0.2) is 71.1 Å². The largest absolute Gasteiger partial charge is 0.344 e. The predicted molar refractivity (Wildman–Crippen MR) is 84.3 cm³/mol. The number of rotatable bonds is 2. The number of nitrogens with two attached hydrogens (primary N) is 1. The molecule has 118 valence electrons. The summed E-state index contributed by atoms with van der Waals surface area (Å²) < 4.78 is 0. The topological polar surface area (TPSA) is 68.4 Å². The first-order valence-corrected chi connectivity index (χ1v) is 7.60. The van der Waals surface area contributed by atoms with Crippen molar-refractivity contribution in [2.45, 2.75) is 25.8 Å². The minimum atomic E-state index is -0.0833. The van der Waals surface area contributed by atoms with E-state index in [9.17, 15) is 4.79 Å². The van der Waals surface area contributed by atoms with Gasteiger partial charge in [-0.1, -0.05) is 5.92 Å². The summed E-state index contributed by atoms with van der Waals surface area (Å²) in [5, 5.41) is 3.71. The van der Waals surface area contributed by atoms with Gasteiger partial charge in [0, 0.05) is 26.2 Å². The van der Waals surface area contributed by atoms with Gasteiger partial charge in [-0.15, -0.1) is 5.92 Å². The van der Waals surface area contributed by atoms with E-state index in [-0.39, 0.29) is 12.1 Å². The van der Waals surface area contributed by atoms with E-state index in [0.717, 1.165) is 30.9 Å². The number of aliphatic imine (C=N–C) groups is 1. The van der Waals surface area contributed by atoms with Crippen molar-refractivity contribution in [1.82, 2.24) is 19.8 Å². The van der Waals surface area contributed by atoms with Crippen molar-refractivity contribution in [1.29, 1.82) is 0 Å². The summed E-state index contributed by atoms with van der Waals surface area (Å²) in [5.74, 6) is 6.68. The highest BCUT2D eigenvalue weighted by molar-refractivity contribution is 6.09. The van der Waals surface area contributed by atoms with Gasteiger partial charge in [-0.25, -0.2) is 19.8 Å². The average Bonchev–Trinajstić information content (AvgIpc) is 2.92. The van der Waals surface area contributed by atoms with Gasteiger partial charge >= 0.3 is 6.03 Å². The van der Waals surface area contributed by atoms with Gasteiger partial charge in [0.1, 0.15) is 12.4 Å². The van der Waals surface area contributed by atoms with Gasteiger partial charge in [-0.05, 0) is 19.8 Å². The Morgan fingerprint density at radius 3 is 3.05 bits per heavy atom. The Morgan fingerprint density at radius 2 is 2.32 bits per heavy atom. The lowest BCUT2D eigenvalue weighted by Crippen LogP contribution is -2.58. The van der Waals surface area contributed by atoms with Crippen molar-refractivity contribution in [3.05, 3.63) is 11.9 Å². The van der Waals surface area contributed by atoms with Gasteiger partial charge in [0.15, 0.2) is 5.84 Å². The van der Waals surface area contributed by atoms with Gasteiger partial charge in [-0.3, -0.25) is 4.90 Å². The number of nitrogens with zero attached hydrogens (tertiary/aromatic N) is 5. The van der Waals surface area contributed by atoms with E-state index in [4.69, 9.17) is 5.73 Å². The fraction of sp³-hybridized carbons (Fsp3) is 0.600. The zero-order valence-corrected chi connectivity index (χ0v) is 13.1. The number of piperidine rings is 1. The predicted octanol–water partition coefficient (Wildman–Crippen LogP) is 0.228. The number of fused-ring (bicyclic) bond motifs is 1. The standard InChI is InChI=1S/C15H22N6O/c1-3-4-7-19-11-17-14-13(19)10-21(15(22)18(14)2)20-8-5-6-12(16)9-20/h10,12H,5-9,11,16H2,1-2H3/t12-/m1/s1. The Hall–Kier alpha value is -2.04. The molecule has 1 atom stereocenters. The molecule has 0 aromatic heterocycles. The SMILES string of the molecule is CC#CCN1CN=C2C1=CN(N1CCC[C@@H](N)C1)C(=O)N2C. The second-order valence-corrected chi connectivity index (χ2v) is 5.76. The molecule has 0 saturated carbocycles. The van der Waals surface area contributed by atoms with Gasteiger partial charge < -0.3 is 10.6 Å². The quantitative estimate of drug-likeness (QED) is 0.741. The lowest BCUT2D eigenvalue weighted by molar-refractivity contribution is 0.0189. The Morgan fingerprint density at radius 1 is 1.50 bits per heavy atom. The second-order valence-electron chi connectivity index (χ2n) is 5.76. The average molecular weight is 302 g/mol. The molecule has 2 amide bonds. The molecule has 3 aliphatic heterocycles. The first-order valence-electron chi connectivity index (χ1n) is 7.60. The molecule has 7 heteroatoms. The molecule has 3 aliphatic rings. The van der Waals surface area contributed by atoms with Crippen molar-refractivity contribution < 1.29 is 4.79 Å². The summed E-state index contributed by atoms with van der Waals surface area (Å²) in [4.78, 5) is 20.7. The molecule has 3 heterocycles. The number of hydrogen-bond donors (Lipinski definition) is 1. The van der Waals surface area contributed by atoms with E-state index in [2.05, 4.69) is 21.7 Å². The molecule has 0 aliphatic carbocycles. The van der Waals surface area contributed by atoms with Crippen LogP contribution in [0.25, 0.3) is 0 Å². The van der Waals surface area contributed by atoms with Crippen molar-refractivity contribution in [3.63, 3.8) is 0 Å². The molecule has 0 unspecified atom stereocenters. The third-order valence-corrected chi connectivity index (χ3v) is 4.19. The molecular formula is C15H22N6O. The van der Waals surface area contributed by atoms with Crippen LogP contribution in [0.15, 0.2) is 16.9 Å². The summed E-state index contributed by atoms with van der Waals surface area (Å²) in [6.07, 6.45) is 3.89. The normalized spacial score (nSPS) is 25.5. The number of hydrazine groups is 1. The molecule has 7 nitrogen and oxygen atoms in total. The molecule has 1 fully saturated rings. The van der Waals surface area contributed by atoms with Crippen LogP contribution in [0.5, 0.6) is 0 Å². The van der Waals surface area contributed by atoms with Crippen LogP contribution in [0.3, 0.4) is 0 Å². The van der Waals surface area contributed by atoms with Crippen molar-refractivity contribution in [3.8, 4) is 11.8 Å². The Balaban J connectivity index is 1.86. The van der Waals surface area contributed by atoms with Gasteiger partial charge in [-0.2, -0.15) is 0 Å². The third-order valence-electron chi connectivity index (χ3n) is 4.19. The monoisotopic (exact) mass is 302 g/mol. The van der Waals surface area contributed by atoms with Crippen LogP contribution in [0.4, 0.5) is 4.79 Å². The highest BCUT2D eigenvalue weighted by atomic mass is 16.2. The molecule has 0 aromatic rings. The second kappa shape index (κ2) is 5.99. The van der Waals surface area contributed by atoms with Crippen LogP contribution in [0.2, 0.25) is 0 Å². The van der Waals surface area contributed by atoms with E-state index >= 15 is 0 Å². The number of amides is 2. The van der Waals surface area contributed by atoms with E-state index in [1.165, 1.54) is 0 Å². The van der Waals surface area contributed by atoms with Crippen LogP contribution in [0.1, 0.15) is 19.8 Å². The Kier molecular flexibility index (Phi) is 4.05. The van der Waals surface area contributed by atoms with Crippen LogP contribution in [-0.2, 0) is 0 Å². The molecule has 22 heavy (non-hydrogen) atoms. The van der Waals surface area contributed by atoms with Crippen molar-refractivity contribution >= 4 is 11.9 Å². The Bertz CT molecular complexity index is 587. The number of hydrogen-bond acceptors (Lipinski definition) is 5. The van der Waals surface area contributed by atoms with E-state index in [1.807, 2.05) is 18.1 Å². The van der Waals surface area contributed by atoms with E-state index in [0.29, 0.717) is 19.8 Å². The van der Waals surface area contributed by atoms with E-state index < -0.39 is 0 Å². The van der Waals surface area contributed by atoms with Gasteiger partial charge in [0.2, 0.25) is 0 Å². The summed E-state index contributed by atoms with van der Waals surface area (Å²) in [6.45, 7) is 4.53. The van der Waals surface area contributed by atoms with Crippen molar-refractivity contribution in [2.24, 2.45) is 10.7 Å². The minimum Gasteiger partial charge on any atom is -0.337 e. The molecule has 0 bridgehead atoms. The molecule has 2 N–H and O–H groups in total. The zero-order chi connectivity index (χ0) is 15.7. The fourth-order valence-corrected chi connectivity index (χ4v) is 2.98. The lowest BCUT2D eigenvalue weighted by atomic mass is 10.1. The summed E-state index contributed by atoms with van der Waals surface area (Å²) in [6, 6.07) is 0.0333. The molecular weight excluding hydrogens is 280 g/mol. The first-order chi connectivity index (χ1) is 10.6. The lowest BCUT2D eigenvalue weighted by Gasteiger charge is -2.41. The van der Waals surface area contributed by atoms with Crippen molar-refractivity contribution in [2.75, 3.05) is 33.4 Å². The van der Waals surface area contributed by atoms with Crippen LogP contribution < -0.4 is 5.73 Å². The minimum absolute atomic E-state index is 0.0833. The van der Waals surface area contributed by atoms with Crippen LogP contribution >= 0.6 is 0 Å². The highest BCUT2D eigenvalue weighted by Gasteiger charge is 2.37. The smallest absolute Gasteiger partial charge is 0.337 e. The highest BCUT2D eigenvalue weighted by Crippen LogP contribution is 2.25. The molecule has 0 spiro atoms. The number of carbonyl (C=O) groups is 1. The molecule has 3 rings (SSSR count). The summed E-state index contributed by atoms with van der Waals surface area (Å²) >= 11 is 0. The fourth-order valence-electron chi connectivity index (χ4n) is 2.98. The number of urea groups is 1. The number of amidine groups is 1. The first kappa shape index (κ1) is 14.9. The maximum atomic E-state index is 12.6.